The molecule has 0 bridgehead atoms. The topological polar surface area (TPSA) is 53.7 Å². The molecule has 0 unspecified atom stereocenters. The molecule has 0 aliphatic carbocycles. The zero-order valence-corrected chi connectivity index (χ0v) is 15.7. The summed E-state index contributed by atoms with van der Waals surface area (Å²) in [4.78, 5) is 14.2. The first kappa shape index (κ1) is 17.1. The van der Waals surface area contributed by atoms with E-state index in [1.807, 2.05) is 30.3 Å². The van der Waals surface area contributed by atoms with Crippen molar-refractivity contribution in [2.75, 3.05) is 13.1 Å². The quantitative estimate of drug-likeness (QED) is 0.642. The first-order valence-corrected chi connectivity index (χ1v) is 9.31. The second-order valence-electron chi connectivity index (χ2n) is 6.49. The standard InChI is InChI=1S/C21H18BrNO3/c22-17-3-6-19-16(11-21(25)26-20(19)12-17)13-23-9-7-15(8-10-23)14-1-4-18(24)5-2-14/h1-7,11-12,24H,8-10,13H2. The molecule has 0 spiro atoms. The van der Waals surface area contributed by atoms with E-state index in [4.69, 9.17) is 4.42 Å². The summed E-state index contributed by atoms with van der Waals surface area (Å²) >= 11 is 3.42. The zero-order chi connectivity index (χ0) is 18.1. The average molecular weight is 412 g/mol. The maximum absolute atomic E-state index is 11.9. The van der Waals surface area contributed by atoms with Crippen LogP contribution < -0.4 is 5.63 Å². The van der Waals surface area contributed by atoms with Crippen LogP contribution in [0.1, 0.15) is 17.5 Å². The lowest BCUT2D eigenvalue weighted by molar-refractivity contribution is 0.294. The fourth-order valence-corrected chi connectivity index (χ4v) is 3.71. The molecule has 4 nitrogen and oxygen atoms in total. The Hall–Kier alpha value is -2.37. The van der Waals surface area contributed by atoms with E-state index < -0.39 is 0 Å². The van der Waals surface area contributed by atoms with Crippen molar-refractivity contribution in [1.82, 2.24) is 4.90 Å². The van der Waals surface area contributed by atoms with Crippen molar-refractivity contribution >= 4 is 32.5 Å². The Morgan fingerprint density at radius 2 is 1.92 bits per heavy atom. The first-order valence-electron chi connectivity index (χ1n) is 8.51. The lowest BCUT2D eigenvalue weighted by atomic mass is 9.99. The molecule has 3 aromatic rings. The number of nitrogens with zero attached hydrogens (tertiary/aromatic N) is 1. The Kier molecular flexibility index (Phi) is 4.66. The van der Waals surface area contributed by atoms with Gasteiger partial charge in [0, 0.05) is 35.6 Å². The van der Waals surface area contributed by atoms with Gasteiger partial charge in [-0.15, -0.1) is 0 Å². The van der Waals surface area contributed by atoms with Crippen LogP contribution in [0, 0.1) is 0 Å². The van der Waals surface area contributed by atoms with Gasteiger partial charge in [-0.3, -0.25) is 4.90 Å². The van der Waals surface area contributed by atoms with Crippen LogP contribution in [0.5, 0.6) is 5.75 Å². The molecule has 0 atom stereocenters. The third kappa shape index (κ3) is 3.59. The molecule has 132 valence electrons. The van der Waals surface area contributed by atoms with Crippen molar-refractivity contribution in [2.45, 2.75) is 13.0 Å². The van der Waals surface area contributed by atoms with Crippen molar-refractivity contribution in [3.05, 3.63) is 80.6 Å². The Balaban J connectivity index is 1.55. The van der Waals surface area contributed by atoms with Crippen LogP contribution >= 0.6 is 15.9 Å². The summed E-state index contributed by atoms with van der Waals surface area (Å²) in [5.41, 5.74) is 3.73. The third-order valence-corrected chi connectivity index (χ3v) is 5.21. The Morgan fingerprint density at radius 3 is 2.65 bits per heavy atom. The molecule has 5 heteroatoms. The molecular weight excluding hydrogens is 394 g/mol. The molecule has 26 heavy (non-hydrogen) atoms. The van der Waals surface area contributed by atoms with Crippen molar-refractivity contribution < 1.29 is 9.52 Å². The van der Waals surface area contributed by atoms with Gasteiger partial charge in [0.25, 0.3) is 0 Å². The number of benzene rings is 2. The minimum atomic E-state index is -0.317. The second kappa shape index (κ2) is 7.09. The van der Waals surface area contributed by atoms with E-state index in [1.54, 1.807) is 18.2 Å². The molecule has 0 fully saturated rings. The summed E-state index contributed by atoms with van der Waals surface area (Å²) in [5.74, 6) is 0.285. The third-order valence-electron chi connectivity index (χ3n) is 4.72. The molecule has 0 saturated carbocycles. The summed E-state index contributed by atoms with van der Waals surface area (Å²) in [6.07, 6.45) is 3.16. The number of halogens is 1. The summed E-state index contributed by atoms with van der Waals surface area (Å²) in [5, 5.41) is 10.4. The van der Waals surface area contributed by atoms with Crippen LogP contribution in [0.4, 0.5) is 0 Å². The number of phenols is 1. The van der Waals surface area contributed by atoms with E-state index in [9.17, 15) is 9.90 Å². The zero-order valence-electron chi connectivity index (χ0n) is 14.1. The molecule has 2 heterocycles. The molecule has 2 aromatic carbocycles. The minimum Gasteiger partial charge on any atom is -0.508 e. The van der Waals surface area contributed by atoms with Crippen molar-refractivity contribution in [3.8, 4) is 5.75 Å². The van der Waals surface area contributed by atoms with Gasteiger partial charge in [-0.25, -0.2) is 4.79 Å². The highest BCUT2D eigenvalue weighted by atomic mass is 79.9. The number of aromatic hydroxyl groups is 1. The lowest BCUT2D eigenvalue weighted by Gasteiger charge is -2.26. The van der Waals surface area contributed by atoms with Gasteiger partial charge in [0.2, 0.25) is 0 Å². The van der Waals surface area contributed by atoms with Gasteiger partial charge in [0.1, 0.15) is 11.3 Å². The molecule has 1 aromatic heterocycles. The van der Waals surface area contributed by atoms with Gasteiger partial charge in [-0.05, 0) is 53.5 Å². The molecule has 1 N–H and O–H groups in total. The van der Waals surface area contributed by atoms with E-state index in [-0.39, 0.29) is 11.4 Å². The number of hydrogen-bond donors (Lipinski definition) is 1. The van der Waals surface area contributed by atoms with E-state index in [0.717, 1.165) is 40.5 Å². The first-order chi connectivity index (χ1) is 12.6. The number of phenolic OH excluding ortho intramolecular Hbond substituents is 1. The molecule has 0 amide bonds. The van der Waals surface area contributed by atoms with E-state index in [2.05, 4.69) is 26.9 Å². The molecule has 4 rings (SSSR count). The van der Waals surface area contributed by atoms with Crippen molar-refractivity contribution in [3.63, 3.8) is 0 Å². The summed E-state index contributed by atoms with van der Waals surface area (Å²) in [6.45, 7) is 2.46. The smallest absolute Gasteiger partial charge is 0.336 e. The number of rotatable bonds is 3. The van der Waals surface area contributed by atoms with Gasteiger partial charge >= 0.3 is 5.63 Å². The highest BCUT2D eigenvalue weighted by Gasteiger charge is 2.15. The van der Waals surface area contributed by atoms with Gasteiger partial charge in [0.05, 0.1) is 0 Å². The molecule has 0 radical (unpaired) electrons. The molecule has 1 aliphatic heterocycles. The van der Waals surface area contributed by atoms with Crippen LogP contribution in [-0.4, -0.2) is 23.1 Å². The predicted molar refractivity (Wildman–Crippen MR) is 106 cm³/mol. The molecule has 0 saturated heterocycles. The number of fused-ring (bicyclic) bond motifs is 1. The largest absolute Gasteiger partial charge is 0.508 e. The SMILES string of the molecule is O=c1cc(CN2CC=C(c3ccc(O)cc3)CC2)c2ccc(Br)cc2o1. The van der Waals surface area contributed by atoms with Crippen LogP contribution in [0.15, 0.2) is 68.3 Å². The Morgan fingerprint density at radius 1 is 1.12 bits per heavy atom. The lowest BCUT2D eigenvalue weighted by Crippen LogP contribution is -2.28. The van der Waals surface area contributed by atoms with E-state index in [1.165, 1.54) is 5.57 Å². The summed E-state index contributed by atoms with van der Waals surface area (Å²) in [7, 11) is 0. The van der Waals surface area contributed by atoms with Crippen LogP contribution in [0.25, 0.3) is 16.5 Å². The second-order valence-corrected chi connectivity index (χ2v) is 7.41. The summed E-state index contributed by atoms with van der Waals surface area (Å²) < 4.78 is 6.21. The summed E-state index contributed by atoms with van der Waals surface area (Å²) in [6, 6.07) is 14.7. The monoisotopic (exact) mass is 411 g/mol. The van der Waals surface area contributed by atoms with Crippen molar-refractivity contribution in [2.24, 2.45) is 0 Å². The maximum Gasteiger partial charge on any atom is 0.336 e. The van der Waals surface area contributed by atoms with E-state index in [0.29, 0.717) is 12.1 Å². The molecule has 1 aliphatic rings. The Labute approximate surface area is 159 Å². The predicted octanol–water partition coefficient (Wildman–Crippen LogP) is 4.55. The van der Waals surface area contributed by atoms with Gasteiger partial charge in [-0.2, -0.15) is 0 Å². The highest BCUT2D eigenvalue weighted by molar-refractivity contribution is 9.10. The maximum atomic E-state index is 11.9. The van der Waals surface area contributed by atoms with Gasteiger partial charge < -0.3 is 9.52 Å². The Bertz CT molecular complexity index is 1040. The van der Waals surface area contributed by atoms with Gasteiger partial charge in [-0.1, -0.05) is 34.1 Å². The van der Waals surface area contributed by atoms with Crippen molar-refractivity contribution in [1.29, 1.82) is 0 Å². The number of hydrogen-bond acceptors (Lipinski definition) is 4. The van der Waals surface area contributed by atoms with Crippen LogP contribution in [-0.2, 0) is 6.54 Å². The minimum absolute atomic E-state index is 0.285. The normalized spacial score (nSPS) is 15.2. The van der Waals surface area contributed by atoms with Crippen LogP contribution in [0.2, 0.25) is 0 Å². The molecular formula is C21H18BrNO3. The van der Waals surface area contributed by atoms with E-state index >= 15 is 0 Å². The average Bonchev–Trinajstić information content (AvgIpc) is 2.62. The van der Waals surface area contributed by atoms with Crippen LogP contribution in [0.3, 0.4) is 0 Å². The fraction of sp³-hybridized carbons (Fsp3) is 0.190. The fourth-order valence-electron chi connectivity index (χ4n) is 3.37. The van der Waals surface area contributed by atoms with Gasteiger partial charge in [0.15, 0.2) is 0 Å². The highest BCUT2D eigenvalue weighted by Crippen LogP contribution is 2.26.